The summed E-state index contributed by atoms with van der Waals surface area (Å²) in [5.41, 5.74) is 0. The molecule has 0 bridgehead atoms. The van der Waals surface area contributed by atoms with Gasteiger partial charge in [-0.1, -0.05) is 181 Å². The number of rotatable bonds is 36. The number of likely N-dealkylation sites (N-methyl/N-ethyl adjacent to an activating group) is 1. The van der Waals surface area contributed by atoms with E-state index >= 15 is 0 Å². The number of carbonyl (C=O) groups excluding carboxylic acids is 1. The van der Waals surface area contributed by atoms with Gasteiger partial charge in [0.15, 0.2) is 6.54 Å². The van der Waals surface area contributed by atoms with Gasteiger partial charge in [-0.25, -0.2) is 9.78 Å². The van der Waals surface area contributed by atoms with Crippen LogP contribution in [-0.4, -0.2) is 67.3 Å². The van der Waals surface area contributed by atoms with E-state index in [-0.39, 0.29) is 18.4 Å². The summed E-state index contributed by atoms with van der Waals surface area (Å²) in [5, 5.41) is 3.61. The third-order valence-corrected chi connectivity index (χ3v) is 9.55. The van der Waals surface area contributed by atoms with Gasteiger partial charge in [0.2, 0.25) is 0 Å². The van der Waals surface area contributed by atoms with Gasteiger partial charge >= 0.3 is 5.97 Å². The molecule has 0 aliphatic heterocycles. The quantitative estimate of drug-likeness (QED) is 0.0414. The molecule has 6 nitrogen and oxygen atoms in total. The number of nitrogens with one attached hydrogen (secondary N) is 2. The average Bonchev–Trinajstić information content (AvgIpc) is 3.66. The number of H-pyrrole nitrogens is 1. The number of unbranched alkanes of at least 4 members (excludes halogenated alkanes) is 26. The summed E-state index contributed by atoms with van der Waals surface area (Å²) < 4.78 is 6.27. The molecule has 1 rings (SSSR count). The van der Waals surface area contributed by atoms with E-state index in [1.54, 1.807) is 18.7 Å². The van der Waals surface area contributed by atoms with Crippen LogP contribution in [0.5, 0.6) is 0 Å². The molecular formula is C42H85ClN4O2. The van der Waals surface area contributed by atoms with Gasteiger partial charge in [-0.2, -0.15) is 0 Å². The SMILES string of the molecule is CCCCCCCCCCCCCCCCCCNCCC[N+](C)(C)CC(=O)OCCCCCCCCCCCCCC.[Cl-].c1c[nH]cn1. The second-order valence-corrected chi connectivity index (χ2v) is 15.1. The molecular weight excluding hydrogens is 628 g/mol. The molecule has 0 saturated carbocycles. The summed E-state index contributed by atoms with van der Waals surface area (Å²) in [7, 11) is 4.31. The number of aromatic amines is 1. The van der Waals surface area contributed by atoms with Gasteiger partial charge in [0, 0.05) is 25.4 Å². The first kappa shape index (κ1) is 50.0. The van der Waals surface area contributed by atoms with Crippen LogP contribution in [-0.2, 0) is 9.53 Å². The lowest BCUT2D eigenvalue weighted by Gasteiger charge is -2.28. The Morgan fingerprint density at radius 1 is 0.592 bits per heavy atom. The number of ether oxygens (including phenoxy) is 1. The molecule has 0 saturated heterocycles. The predicted octanol–water partition coefficient (Wildman–Crippen LogP) is 8.96. The van der Waals surface area contributed by atoms with Gasteiger partial charge in [-0.15, -0.1) is 0 Å². The molecule has 0 unspecified atom stereocenters. The number of carbonyl (C=O) groups is 1. The largest absolute Gasteiger partial charge is 1.00 e. The highest BCUT2D eigenvalue weighted by Crippen LogP contribution is 2.14. The second-order valence-electron chi connectivity index (χ2n) is 15.1. The minimum Gasteiger partial charge on any atom is -1.00 e. The Hall–Kier alpha value is -1.11. The van der Waals surface area contributed by atoms with Crippen molar-refractivity contribution in [2.45, 2.75) is 200 Å². The summed E-state index contributed by atoms with van der Waals surface area (Å²) in [4.78, 5) is 18.7. The first-order valence-electron chi connectivity index (χ1n) is 21.1. The van der Waals surface area contributed by atoms with E-state index in [4.69, 9.17) is 4.74 Å². The fraction of sp³-hybridized carbons (Fsp3) is 0.905. The molecule has 0 atom stereocenters. The molecule has 0 spiro atoms. The number of nitrogens with zero attached hydrogens (tertiary/aromatic N) is 2. The Morgan fingerprint density at radius 2 is 0.980 bits per heavy atom. The normalized spacial score (nSPS) is 11.2. The van der Waals surface area contributed by atoms with Crippen molar-refractivity contribution in [1.29, 1.82) is 0 Å². The Balaban J connectivity index is 0. The third-order valence-electron chi connectivity index (χ3n) is 9.55. The van der Waals surface area contributed by atoms with Crippen LogP contribution >= 0.6 is 0 Å². The van der Waals surface area contributed by atoms with Crippen molar-refractivity contribution in [2.75, 3.05) is 46.9 Å². The fourth-order valence-corrected chi connectivity index (χ4v) is 6.37. The zero-order chi connectivity index (χ0) is 35.1. The average molecular weight is 714 g/mol. The molecule has 0 radical (unpaired) electrons. The smallest absolute Gasteiger partial charge is 0.361 e. The lowest BCUT2D eigenvalue weighted by atomic mass is 10.0. The summed E-state index contributed by atoms with van der Waals surface area (Å²) >= 11 is 0. The van der Waals surface area contributed by atoms with Crippen LogP contribution in [0.1, 0.15) is 200 Å². The number of hydrogen-bond acceptors (Lipinski definition) is 4. The predicted molar refractivity (Wildman–Crippen MR) is 209 cm³/mol. The Kier molecular flexibility index (Phi) is 42.2. The van der Waals surface area contributed by atoms with E-state index in [0.717, 1.165) is 37.0 Å². The maximum atomic E-state index is 12.3. The molecule has 2 N–H and O–H groups in total. The molecule has 0 aliphatic carbocycles. The molecule has 0 aliphatic rings. The van der Waals surface area contributed by atoms with Crippen molar-refractivity contribution in [3.63, 3.8) is 0 Å². The van der Waals surface area contributed by atoms with Crippen LogP contribution in [0.4, 0.5) is 0 Å². The van der Waals surface area contributed by atoms with Crippen LogP contribution in [0.15, 0.2) is 18.7 Å². The van der Waals surface area contributed by atoms with E-state index in [1.807, 2.05) is 0 Å². The van der Waals surface area contributed by atoms with Crippen molar-refractivity contribution in [1.82, 2.24) is 15.3 Å². The molecule has 1 heterocycles. The third kappa shape index (κ3) is 43.0. The number of halogens is 1. The van der Waals surface area contributed by atoms with Gasteiger partial charge in [0.25, 0.3) is 0 Å². The highest BCUT2D eigenvalue weighted by Gasteiger charge is 2.20. The summed E-state index contributed by atoms with van der Waals surface area (Å²) in [6.07, 6.45) is 44.9. The van der Waals surface area contributed by atoms with Crippen LogP contribution in [0.2, 0.25) is 0 Å². The van der Waals surface area contributed by atoms with Crippen LogP contribution in [0.25, 0.3) is 0 Å². The Morgan fingerprint density at radius 3 is 1.35 bits per heavy atom. The monoisotopic (exact) mass is 713 g/mol. The van der Waals surface area contributed by atoms with Gasteiger partial charge < -0.3 is 31.9 Å². The zero-order valence-electron chi connectivity index (χ0n) is 33.4. The van der Waals surface area contributed by atoms with E-state index in [9.17, 15) is 4.79 Å². The summed E-state index contributed by atoms with van der Waals surface area (Å²) in [5.74, 6) is -0.0331. The molecule has 292 valence electrons. The lowest BCUT2D eigenvalue weighted by molar-refractivity contribution is -0.883. The number of imidazole rings is 1. The van der Waals surface area contributed by atoms with Gasteiger partial charge in [0.1, 0.15) is 0 Å². The first-order chi connectivity index (χ1) is 23.5. The summed E-state index contributed by atoms with van der Waals surface area (Å²) in [6, 6.07) is 0. The van der Waals surface area contributed by atoms with Crippen molar-refractivity contribution in [3.05, 3.63) is 18.7 Å². The topological polar surface area (TPSA) is 67.0 Å². The second kappa shape index (κ2) is 41.3. The molecule has 7 heteroatoms. The Bertz CT molecular complexity index is 715. The highest BCUT2D eigenvalue weighted by molar-refractivity contribution is 5.70. The first-order valence-corrected chi connectivity index (χ1v) is 21.1. The van der Waals surface area contributed by atoms with Crippen molar-refractivity contribution in [3.8, 4) is 0 Å². The number of esters is 1. The molecule has 49 heavy (non-hydrogen) atoms. The molecule has 0 aromatic carbocycles. The minimum atomic E-state index is -0.0331. The fourth-order valence-electron chi connectivity index (χ4n) is 6.37. The Labute approximate surface area is 312 Å². The molecule has 1 aromatic rings. The molecule has 0 fully saturated rings. The van der Waals surface area contributed by atoms with E-state index in [0.29, 0.717) is 13.2 Å². The number of aromatic nitrogens is 2. The molecule has 0 amide bonds. The van der Waals surface area contributed by atoms with Gasteiger partial charge in [0.05, 0.1) is 33.6 Å². The van der Waals surface area contributed by atoms with E-state index in [2.05, 4.69) is 43.2 Å². The van der Waals surface area contributed by atoms with Crippen molar-refractivity contribution < 1.29 is 26.4 Å². The zero-order valence-corrected chi connectivity index (χ0v) is 34.1. The van der Waals surface area contributed by atoms with Gasteiger partial charge in [-0.05, 0) is 19.4 Å². The standard InChI is InChI=1S/C39H81N2O2.C3H4N2.ClH/c1-5-7-9-11-13-15-17-19-20-21-22-23-25-27-29-31-34-40-35-33-36-41(3,4)38-39(42)43-37-32-30-28-26-24-18-16-14-12-10-8-6-2;1-2-5-3-4-1;/h40H,5-38H2,1-4H3;1-3H,(H,4,5);1H/q+1;;/p-1. The van der Waals surface area contributed by atoms with Crippen molar-refractivity contribution >= 4 is 5.97 Å². The van der Waals surface area contributed by atoms with Crippen molar-refractivity contribution in [2.24, 2.45) is 0 Å². The van der Waals surface area contributed by atoms with E-state index < -0.39 is 0 Å². The lowest BCUT2D eigenvalue weighted by Crippen LogP contribution is -3.00. The van der Waals surface area contributed by atoms with Crippen LogP contribution < -0.4 is 17.7 Å². The minimum absolute atomic E-state index is 0. The summed E-state index contributed by atoms with van der Waals surface area (Å²) in [6.45, 7) is 8.85. The molecule has 1 aromatic heterocycles. The van der Waals surface area contributed by atoms with Gasteiger partial charge in [-0.3, -0.25) is 0 Å². The van der Waals surface area contributed by atoms with Crippen LogP contribution in [0.3, 0.4) is 0 Å². The highest BCUT2D eigenvalue weighted by atomic mass is 35.5. The number of quaternary nitrogens is 1. The van der Waals surface area contributed by atoms with Crippen LogP contribution in [0, 0.1) is 0 Å². The van der Waals surface area contributed by atoms with E-state index in [1.165, 1.54) is 173 Å². The maximum Gasteiger partial charge on any atom is 0.361 e. The number of hydrogen-bond donors (Lipinski definition) is 2. The maximum absolute atomic E-state index is 12.3.